The Balaban J connectivity index is 2.52. The number of aromatic carboxylic acids is 1. The topological polar surface area (TPSA) is 89.1 Å². The van der Waals surface area contributed by atoms with Crippen molar-refractivity contribution < 1.29 is 14.3 Å². The fraction of sp³-hybridized carbons (Fsp3) is 0. The second kappa shape index (κ2) is 4.69. The minimum atomic E-state index is -1.20. The zero-order valence-corrected chi connectivity index (χ0v) is 10.5. The molecule has 1 aromatic heterocycles. The summed E-state index contributed by atoms with van der Waals surface area (Å²) in [5.41, 5.74) is 5.88. The number of carboxylic acids is 1. The zero-order valence-electron chi connectivity index (χ0n) is 8.89. The van der Waals surface area contributed by atoms with E-state index in [0.29, 0.717) is 10.0 Å². The Hall–Kier alpha value is -2.02. The molecule has 0 atom stereocenters. The lowest BCUT2D eigenvalue weighted by Gasteiger charge is -2.05. The van der Waals surface area contributed by atoms with E-state index in [4.69, 9.17) is 10.8 Å². The molecule has 0 unspecified atom stereocenters. The van der Waals surface area contributed by atoms with Crippen molar-refractivity contribution in [3.63, 3.8) is 0 Å². The highest BCUT2D eigenvalue weighted by molar-refractivity contribution is 9.10. The second-order valence-corrected chi connectivity index (χ2v) is 4.28. The van der Waals surface area contributed by atoms with Crippen molar-refractivity contribution in [1.29, 1.82) is 0 Å². The van der Waals surface area contributed by atoms with Gasteiger partial charge in [0.25, 0.3) is 0 Å². The normalized spacial score (nSPS) is 10.3. The number of nitrogen functional groups attached to an aromatic ring is 1. The van der Waals surface area contributed by atoms with E-state index in [1.54, 1.807) is 0 Å². The largest absolute Gasteiger partial charge is 0.477 e. The minimum absolute atomic E-state index is 0.135. The summed E-state index contributed by atoms with van der Waals surface area (Å²) in [6.07, 6.45) is 1.12. The average molecular weight is 312 g/mol. The maximum Gasteiger partial charge on any atom is 0.341 e. The van der Waals surface area contributed by atoms with Crippen molar-refractivity contribution in [1.82, 2.24) is 9.97 Å². The lowest BCUT2D eigenvalue weighted by Crippen LogP contribution is -2.06. The molecule has 1 heterocycles. The summed E-state index contributed by atoms with van der Waals surface area (Å²) >= 11 is 3.18. The number of anilines is 1. The molecule has 0 aliphatic heterocycles. The van der Waals surface area contributed by atoms with Gasteiger partial charge in [-0.2, -0.15) is 0 Å². The third-order valence-electron chi connectivity index (χ3n) is 2.22. The average Bonchev–Trinajstić information content (AvgIpc) is 2.28. The van der Waals surface area contributed by atoms with Gasteiger partial charge in [0.15, 0.2) is 5.82 Å². The molecule has 1 aromatic carbocycles. The van der Waals surface area contributed by atoms with E-state index in [-0.39, 0.29) is 17.2 Å². The number of nitrogens with zero attached hydrogens (tertiary/aromatic N) is 2. The van der Waals surface area contributed by atoms with Crippen molar-refractivity contribution in [2.45, 2.75) is 0 Å². The molecule has 2 aromatic rings. The molecule has 5 nitrogen and oxygen atoms in total. The fourth-order valence-corrected chi connectivity index (χ4v) is 1.89. The summed E-state index contributed by atoms with van der Waals surface area (Å²) in [5.74, 6) is -1.51. The molecule has 0 spiro atoms. The van der Waals surface area contributed by atoms with Crippen LogP contribution in [0.1, 0.15) is 10.4 Å². The van der Waals surface area contributed by atoms with Crippen LogP contribution in [-0.4, -0.2) is 21.0 Å². The number of aromatic nitrogens is 2. The van der Waals surface area contributed by atoms with Crippen molar-refractivity contribution in [2.24, 2.45) is 0 Å². The predicted molar refractivity (Wildman–Crippen MR) is 66.5 cm³/mol. The summed E-state index contributed by atoms with van der Waals surface area (Å²) in [4.78, 5) is 18.5. The smallest absolute Gasteiger partial charge is 0.341 e. The van der Waals surface area contributed by atoms with Gasteiger partial charge >= 0.3 is 5.97 Å². The monoisotopic (exact) mass is 311 g/mol. The van der Waals surface area contributed by atoms with E-state index in [2.05, 4.69) is 25.9 Å². The van der Waals surface area contributed by atoms with Gasteiger partial charge in [-0.05, 0) is 34.1 Å². The Kier molecular flexibility index (Phi) is 3.24. The first kappa shape index (κ1) is 12.4. The van der Waals surface area contributed by atoms with Crippen LogP contribution in [0.15, 0.2) is 28.9 Å². The zero-order chi connectivity index (χ0) is 13.3. The molecule has 0 saturated heterocycles. The number of nitrogens with two attached hydrogens (primary N) is 1. The summed E-state index contributed by atoms with van der Waals surface area (Å²) < 4.78 is 13.4. The lowest BCUT2D eigenvalue weighted by molar-refractivity contribution is 0.0697. The molecular weight excluding hydrogens is 305 g/mol. The number of hydrogen-bond donors (Lipinski definition) is 2. The standard InChI is InChI=1S/C11H7BrFN3O2/c12-8-3-5(13)1-2-6(8)10-15-4-7(11(17)18)9(14)16-10/h1-4H,(H,17,18)(H2,14,15,16). The molecule has 92 valence electrons. The van der Waals surface area contributed by atoms with E-state index in [1.165, 1.54) is 18.2 Å². The van der Waals surface area contributed by atoms with Gasteiger partial charge in [-0.25, -0.2) is 19.2 Å². The molecule has 0 radical (unpaired) electrons. The lowest BCUT2D eigenvalue weighted by atomic mass is 10.2. The van der Waals surface area contributed by atoms with Crippen molar-refractivity contribution in [2.75, 3.05) is 5.73 Å². The first-order chi connectivity index (χ1) is 8.49. The molecule has 3 N–H and O–H groups in total. The molecule has 0 saturated carbocycles. The highest BCUT2D eigenvalue weighted by Crippen LogP contribution is 2.27. The Morgan fingerprint density at radius 2 is 2.17 bits per heavy atom. The Morgan fingerprint density at radius 3 is 2.72 bits per heavy atom. The van der Waals surface area contributed by atoms with E-state index in [9.17, 15) is 9.18 Å². The van der Waals surface area contributed by atoms with Crippen molar-refractivity contribution in [3.8, 4) is 11.4 Å². The van der Waals surface area contributed by atoms with Crippen LogP contribution in [0.2, 0.25) is 0 Å². The molecule has 0 aliphatic rings. The Bertz CT molecular complexity index is 634. The number of carbonyl (C=O) groups is 1. The van der Waals surface area contributed by atoms with E-state index >= 15 is 0 Å². The molecule has 0 bridgehead atoms. The Morgan fingerprint density at radius 1 is 1.44 bits per heavy atom. The summed E-state index contributed by atoms with van der Waals surface area (Å²) in [5, 5.41) is 8.80. The summed E-state index contributed by atoms with van der Waals surface area (Å²) in [6.45, 7) is 0. The van der Waals surface area contributed by atoms with Crippen LogP contribution in [0.5, 0.6) is 0 Å². The van der Waals surface area contributed by atoms with Crippen molar-refractivity contribution >= 4 is 27.7 Å². The molecule has 18 heavy (non-hydrogen) atoms. The first-order valence-electron chi connectivity index (χ1n) is 4.80. The van der Waals surface area contributed by atoms with Crippen LogP contribution >= 0.6 is 15.9 Å². The quantitative estimate of drug-likeness (QED) is 0.888. The van der Waals surface area contributed by atoms with Crippen LogP contribution in [0, 0.1) is 5.82 Å². The van der Waals surface area contributed by atoms with Crippen LogP contribution < -0.4 is 5.73 Å². The highest BCUT2D eigenvalue weighted by Gasteiger charge is 2.13. The SMILES string of the molecule is Nc1nc(-c2ccc(F)cc2Br)ncc1C(=O)O. The molecule has 0 fully saturated rings. The molecule has 2 rings (SSSR count). The highest BCUT2D eigenvalue weighted by atomic mass is 79.9. The third-order valence-corrected chi connectivity index (χ3v) is 2.88. The first-order valence-corrected chi connectivity index (χ1v) is 5.59. The van der Waals surface area contributed by atoms with E-state index in [1.807, 2.05) is 0 Å². The van der Waals surface area contributed by atoms with Gasteiger partial charge in [0, 0.05) is 16.2 Å². The van der Waals surface area contributed by atoms with Crippen LogP contribution in [0.4, 0.5) is 10.2 Å². The summed E-state index contributed by atoms with van der Waals surface area (Å²) in [7, 11) is 0. The van der Waals surface area contributed by atoms with Gasteiger partial charge in [-0.15, -0.1) is 0 Å². The fourth-order valence-electron chi connectivity index (χ4n) is 1.36. The molecule has 0 amide bonds. The number of benzene rings is 1. The van der Waals surface area contributed by atoms with Gasteiger partial charge in [-0.1, -0.05) is 0 Å². The van der Waals surface area contributed by atoms with Gasteiger partial charge in [-0.3, -0.25) is 0 Å². The van der Waals surface area contributed by atoms with Crippen LogP contribution in [0.3, 0.4) is 0 Å². The number of halogens is 2. The van der Waals surface area contributed by atoms with E-state index < -0.39 is 11.8 Å². The van der Waals surface area contributed by atoms with Gasteiger partial charge in [0.1, 0.15) is 17.2 Å². The van der Waals surface area contributed by atoms with Crippen molar-refractivity contribution in [3.05, 3.63) is 40.2 Å². The number of rotatable bonds is 2. The second-order valence-electron chi connectivity index (χ2n) is 3.42. The van der Waals surface area contributed by atoms with Gasteiger partial charge in [0.05, 0.1) is 0 Å². The molecule has 0 aliphatic carbocycles. The van der Waals surface area contributed by atoms with Crippen LogP contribution in [-0.2, 0) is 0 Å². The predicted octanol–water partition coefficient (Wildman–Crippen LogP) is 2.33. The van der Waals surface area contributed by atoms with Crippen LogP contribution in [0.25, 0.3) is 11.4 Å². The maximum atomic E-state index is 12.9. The molecular formula is C11H7BrFN3O2. The maximum absolute atomic E-state index is 12.9. The Labute approximate surface area is 110 Å². The van der Waals surface area contributed by atoms with Gasteiger partial charge < -0.3 is 10.8 Å². The molecule has 7 heteroatoms. The number of carboxylic acid groups (broad SMARTS) is 1. The number of hydrogen-bond acceptors (Lipinski definition) is 4. The third kappa shape index (κ3) is 2.30. The van der Waals surface area contributed by atoms with Gasteiger partial charge in [0.2, 0.25) is 0 Å². The van der Waals surface area contributed by atoms with E-state index in [0.717, 1.165) is 6.20 Å². The summed E-state index contributed by atoms with van der Waals surface area (Å²) in [6, 6.07) is 4.00. The minimum Gasteiger partial charge on any atom is -0.477 e.